The fourth-order valence-electron chi connectivity index (χ4n) is 2.97. The zero-order valence-electron chi connectivity index (χ0n) is 13.1. The number of imide groups is 1. The van der Waals surface area contributed by atoms with Crippen molar-refractivity contribution in [3.63, 3.8) is 0 Å². The highest BCUT2D eigenvalue weighted by atomic mass is 35.5. The van der Waals surface area contributed by atoms with Gasteiger partial charge in [-0.1, -0.05) is 29.0 Å². The van der Waals surface area contributed by atoms with Crippen molar-refractivity contribution in [3.05, 3.63) is 58.9 Å². The van der Waals surface area contributed by atoms with Gasteiger partial charge in [-0.25, -0.2) is 14.3 Å². The minimum absolute atomic E-state index is 0.369. The molecule has 0 radical (unpaired) electrons. The summed E-state index contributed by atoms with van der Waals surface area (Å²) in [5.74, 6) is -1.36. The number of benzene rings is 2. The molecule has 2 aliphatic heterocycles. The fourth-order valence-corrected chi connectivity index (χ4v) is 3.15. The van der Waals surface area contributed by atoms with E-state index in [4.69, 9.17) is 11.6 Å². The molecule has 4 rings (SSSR count). The number of amides is 2. The lowest BCUT2D eigenvalue weighted by Crippen LogP contribution is -2.40. The van der Waals surface area contributed by atoms with Crippen molar-refractivity contribution in [1.29, 1.82) is 0 Å². The van der Waals surface area contributed by atoms with E-state index in [-0.39, 0.29) is 0 Å². The predicted octanol–water partition coefficient (Wildman–Crippen LogP) is 3.29. The number of anilines is 2. The summed E-state index contributed by atoms with van der Waals surface area (Å²) in [5, 5.41) is 9.53. The molecule has 0 N–H and O–H groups in total. The number of halogens is 2. The molecule has 25 heavy (non-hydrogen) atoms. The van der Waals surface area contributed by atoms with Gasteiger partial charge >= 0.3 is 0 Å². The number of hydrogen-bond acceptors (Lipinski definition) is 5. The Labute approximate surface area is 147 Å². The van der Waals surface area contributed by atoms with Gasteiger partial charge in [0.25, 0.3) is 11.8 Å². The lowest BCUT2D eigenvalue weighted by atomic mass is 10.1. The molecule has 6 nitrogen and oxygen atoms in total. The van der Waals surface area contributed by atoms with Crippen LogP contribution in [0.25, 0.3) is 0 Å². The molecule has 2 aliphatic rings. The van der Waals surface area contributed by atoms with Crippen LogP contribution in [0.15, 0.2) is 52.8 Å². The van der Waals surface area contributed by atoms with Crippen molar-refractivity contribution < 1.29 is 14.0 Å². The first-order valence-corrected chi connectivity index (χ1v) is 7.95. The highest BCUT2D eigenvalue weighted by molar-refractivity contribution is 6.31. The van der Waals surface area contributed by atoms with Crippen LogP contribution in [-0.4, -0.2) is 23.9 Å². The second kappa shape index (κ2) is 5.63. The van der Waals surface area contributed by atoms with E-state index in [0.29, 0.717) is 22.0 Å². The third-order valence-corrected chi connectivity index (χ3v) is 4.50. The summed E-state index contributed by atoms with van der Waals surface area (Å²) in [6.07, 6.45) is 0. The highest BCUT2D eigenvalue weighted by Crippen LogP contribution is 2.35. The number of hydrogen-bond donors (Lipinski definition) is 0. The Balaban J connectivity index is 1.71. The van der Waals surface area contributed by atoms with Gasteiger partial charge in [-0.3, -0.25) is 9.59 Å². The van der Waals surface area contributed by atoms with E-state index in [1.807, 2.05) is 0 Å². The molecule has 0 saturated carbocycles. The number of fused-ring (bicyclic) bond motifs is 1. The van der Waals surface area contributed by atoms with E-state index in [1.54, 1.807) is 37.3 Å². The van der Waals surface area contributed by atoms with Gasteiger partial charge < -0.3 is 0 Å². The van der Waals surface area contributed by atoms with Crippen molar-refractivity contribution in [1.82, 2.24) is 0 Å². The van der Waals surface area contributed by atoms with Crippen LogP contribution >= 0.6 is 11.6 Å². The van der Waals surface area contributed by atoms with Crippen molar-refractivity contribution in [3.8, 4) is 0 Å². The fraction of sp³-hybridized carbons (Fsp3) is 0.176. The summed E-state index contributed by atoms with van der Waals surface area (Å²) in [7, 11) is 0. The molecule has 2 atom stereocenters. The van der Waals surface area contributed by atoms with Crippen LogP contribution in [0.1, 0.15) is 5.56 Å². The Hall–Kier alpha value is -2.80. The Morgan fingerprint density at radius 1 is 1.08 bits per heavy atom. The number of nitrogens with zero attached hydrogens (tertiary/aromatic N) is 4. The lowest BCUT2D eigenvalue weighted by Gasteiger charge is -2.21. The third-order valence-electron chi connectivity index (χ3n) is 4.27. The molecule has 0 bridgehead atoms. The van der Waals surface area contributed by atoms with Crippen molar-refractivity contribution in [2.75, 3.05) is 9.91 Å². The second-order valence-electron chi connectivity index (χ2n) is 5.86. The summed E-state index contributed by atoms with van der Waals surface area (Å²) in [4.78, 5) is 26.5. The van der Waals surface area contributed by atoms with Crippen LogP contribution in [0.3, 0.4) is 0 Å². The summed E-state index contributed by atoms with van der Waals surface area (Å²) >= 11 is 5.95. The van der Waals surface area contributed by atoms with Crippen LogP contribution in [0.4, 0.5) is 15.8 Å². The standard InChI is InChI=1S/C17H12ClFN4O2/c1-9-5-6-12(8-13(9)19)23-15-14(20-21-23)16(24)22(17(15)25)11-4-2-3-10(18)7-11/h2-8,14-15H,1H3. The molecule has 1 fully saturated rings. The molecule has 2 unspecified atom stereocenters. The van der Waals surface area contributed by atoms with Crippen molar-refractivity contribution in [2.45, 2.75) is 19.0 Å². The molecule has 8 heteroatoms. The Morgan fingerprint density at radius 3 is 2.60 bits per heavy atom. The summed E-state index contributed by atoms with van der Waals surface area (Å²) in [6, 6.07) is 9.09. The quantitative estimate of drug-likeness (QED) is 0.774. The summed E-state index contributed by atoms with van der Waals surface area (Å²) in [5.41, 5.74) is 1.22. The van der Waals surface area contributed by atoms with E-state index < -0.39 is 29.7 Å². The molecule has 126 valence electrons. The van der Waals surface area contributed by atoms with E-state index in [1.165, 1.54) is 17.1 Å². The van der Waals surface area contributed by atoms with Gasteiger partial charge in [0.1, 0.15) is 5.82 Å². The average Bonchev–Trinajstić information content (AvgIpc) is 3.11. The topological polar surface area (TPSA) is 65.3 Å². The van der Waals surface area contributed by atoms with Crippen LogP contribution in [0.5, 0.6) is 0 Å². The van der Waals surface area contributed by atoms with Crippen LogP contribution in [-0.2, 0) is 9.59 Å². The molecule has 0 aliphatic carbocycles. The maximum absolute atomic E-state index is 13.9. The third kappa shape index (κ3) is 2.39. The monoisotopic (exact) mass is 358 g/mol. The Morgan fingerprint density at radius 2 is 1.88 bits per heavy atom. The zero-order chi connectivity index (χ0) is 17.7. The zero-order valence-corrected chi connectivity index (χ0v) is 13.8. The van der Waals surface area contributed by atoms with Crippen molar-refractivity contribution in [2.24, 2.45) is 10.3 Å². The number of carbonyl (C=O) groups excluding carboxylic acids is 2. The smallest absolute Gasteiger partial charge is 0.263 e. The average molecular weight is 359 g/mol. The first-order valence-electron chi connectivity index (χ1n) is 7.57. The molecule has 2 aromatic carbocycles. The van der Waals surface area contributed by atoms with Crippen LogP contribution in [0, 0.1) is 12.7 Å². The van der Waals surface area contributed by atoms with Gasteiger partial charge in [-0.15, -0.1) is 0 Å². The second-order valence-corrected chi connectivity index (χ2v) is 6.30. The molecular weight excluding hydrogens is 347 g/mol. The van der Waals surface area contributed by atoms with Gasteiger partial charge in [0.05, 0.1) is 11.4 Å². The van der Waals surface area contributed by atoms with E-state index >= 15 is 0 Å². The van der Waals surface area contributed by atoms with Crippen LogP contribution < -0.4 is 9.91 Å². The first kappa shape index (κ1) is 15.7. The number of aryl methyl sites for hydroxylation is 1. The van der Waals surface area contributed by atoms with E-state index in [9.17, 15) is 14.0 Å². The van der Waals surface area contributed by atoms with E-state index in [0.717, 1.165) is 4.90 Å². The SMILES string of the molecule is Cc1ccc(N2N=NC3C(=O)N(c4cccc(Cl)c4)C(=O)C32)cc1F. The molecule has 0 spiro atoms. The predicted molar refractivity (Wildman–Crippen MR) is 90.0 cm³/mol. The Kier molecular flexibility index (Phi) is 3.54. The molecule has 2 heterocycles. The number of rotatable bonds is 2. The van der Waals surface area contributed by atoms with Gasteiger partial charge in [0, 0.05) is 5.02 Å². The highest BCUT2D eigenvalue weighted by Gasteiger charge is 2.55. The molecule has 1 saturated heterocycles. The van der Waals surface area contributed by atoms with E-state index in [2.05, 4.69) is 10.3 Å². The van der Waals surface area contributed by atoms with Gasteiger partial charge in [-0.05, 0) is 42.8 Å². The first-order chi connectivity index (χ1) is 12.0. The largest absolute Gasteiger partial charge is 0.271 e. The molecular formula is C17H12ClFN4O2. The van der Waals surface area contributed by atoms with Gasteiger partial charge in [-0.2, -0.15) is 5.11 Å². The van der Waals surface area contributed by atoms with Crippen LogP contribution in [0.2, 0.25) is 5.02 Å². The normalized spacial score (nSPS) is 22.0. The van der Waals surface area contributed by atoms with Gasteiger partial charge in [0.2, 0.25) is 0 Å². The molecule has 2 amide bonds. The minimum Gasteiger partial charge on any atom is -0.271 e. The maximum Gasteiger partial charge on any atom is 0.263 e. The maximum atomic E-state index is 13.9. The Bertz CT molecular complexity index is 933. The van der Waals surface area contributed by atoms with Gasteiger partial charge in [0.15, 0.2) is 12.1 Å². The minimum atomic E-state index is -0.948. The molecule has 0 aromatic heterocycles. The van der Waals surface area contributed by atoms with Crippen molar-refractivity contribution >= 4 is 34.8 Å². The lowest BCUT2D eigenvalue weighted by molar-refractivity contribution is -0.121. The summed E-state index contributed by atoms with van der Waals surface area (Å²) in [6.45, 7) is 1.64. The number of carbonyl (C=O) groups is 2. The summed E-state index contributed by atoms with van der Waals surface area (Å²) < 4.78 is 13.9. The molecule has 2 aromatic rings.